The Balaban J connectivity index is 3.93. The van der Waals surface area contributed by atoms with Crippen LogP contribution in [0.3, 0.4) is 0 Å². The molecule has 0 aliphatic heterocycles. The number of likely N-dealkylation sites (N-methyl/N-ethyl adjacent to an activating group) is 1. The zero-order valence-corrected chi connectivity index (χ0v) is 9.99. The number of unbranched alkanes of at least 4 members (excludes halogenated alkanes) is 1. The van der Waals surface area contributed by atoms with Gasteiger partial charge in [0.15, 0.2) is 0 Å². The lowest BCUT2D eigenvalue weighted by atomic mass is 10.3. The van der Waals surface area contributed by atoms with Crippen LogP contribution < -0.4 is 0 Å². The van der Waals surface area contributed by atoms with E-state index in [0.717, 1.165) is 25.9 Å². The van der Waals surface area contributed by atoms with Gasteiger partial charge in [0.25, 0.3) is 0 Å². The SMILES string of the molecule is CCCN(CCCC#N)CC(=O)N(C)C. The van der Waals surface area contributed by atoms with Gasteiger partial charge in [-0.25, -0.2) is 0 Å². The maximum atomic E-state index is 11.5. The summed E-state index contributed by atoms with van der Waals surface area (Å²) in [5, 5.41) is 8.44. The van der Waals surface area contributed by atoms with E-state index in [4.69, 9.17) is 5.26 Å². The molecule has 0 fully saturated rings. The number of rotatable bonds is 7. The van der Waals surface area contributed by atoms with Crippen molar-refractivity contribution in [3.63, 3.8) is 0 Å². The maximum absolute atomic E-state index is 11.5. The summed E-state index contributed by atoms with van der Waals surface area (Å²) in [7, 11) is 3.53. The summed E-state index contributed by atoms with van der Waals surface area (Å²) in [5.74, 6) is 0.125. The van der Waals surface area contributed by atoms with Gasteiger partial charge in [0.05, 0.1) is 12.6 Å². The van der Waals surface area contributed by atoms with Crippen molar-refractivity contribution in [3.05, 3.63) is 0 Å². The van der Waals surface area contributed by atoms with Crippen molar-refractivity contribution in [2.24, 2.45) is 0 Å². The summed E-state index contributed by atoms with van der Waals surface area (Å²) in [6.45, 7) is 4.32. The fourth-order valence-electron chi connectivity index (χ4n) is 1.30. The first-order valence-electron chi connectivity index (χ1n) is 5.41. The monoisotopic (exact) mass is 211 g/mol. The van der Waals surface area contributed by atoms with Gasteiger partial charge in [-0.1, -0.05) is 6.92 Å². The third-order valence-corrected chi connectivity index (χ3v) is 2.16. The first kappa shape index (κ1) is 13.9. The molecule has 0 aromatic heterocycles. The molecule has 0 saturated heterocycles. The van der Waals surface area contributed by atoms with Gasteiger partial charge in [-0.15, -0.1) is 0 Å². The first-order valence-corrected chi connectivity index (χ1v) is 5.41. The lowest BCUT2D eigenvalue weighted by Crippen LogP contribution is -2.37. The van der Waals surface area contributed by atoms with Gasteiger partial charge in [0.2, 0.25) is 5.91 Å². The number of nitrogens with zero attached hydrogens (tertiary/aromatic N) is 3. The van der Waals surface area contributed by atoms with E-state index in [1.165, 1.54) is 0 Å². The lowest BCUT2D eigenvalue weighted by molar-refractivity contribution is -0.129. The highest BCUT2D eigenvalue weighted by atomic mass is 16.2. The molecule has 0 aliphatic carbocycles. The molecule has 0 aliphatic rings. The van der Waals surface area contributed by atoms with E-state index in [2.05, 4.69) is 17.9 Å². The van der Waals surface area contributed by atoms with Crippen LogP contribution in [0.5, 0.6) is 0 Å². The van der Waals surface area contributed by atoms with E-state index < -0.39 is 0 Å². The molecular formula is C11H21N3O. The highest BCUT2D eigenvalue weighted by molar-refractivity contribution is 5.77. The second-order valence-corrected chi connectivity index (χ2v) is 3.83. The summed E-state index contributed by atoms with van der Waals surface area (Å²) in [6, 6.07) is 2.12. The van der Waals surface area contributed by atoms with Crippen LogP contribution in [0.4, 0.5) is 0 Å². The largest absolute Gasteiger partial charge is 0.348 e. The molecule has 4 nitrogen and oxygen atoms in total. The van der Waals surface area contributed by atoms with Crippen molar-refractivity contribution in [1.82, 2.24) is 9.80 Å². The van der Waals surface area contributed by atoms with Gasteiger partial charge in [-0.3, -0.25) is 9.69 Å². The number of carbonyl (C=O) groups is 1. The Morgan fingerprint density at radius 3 is 2.47 bits per heavy atom. The highest BCUT2D eigenvalue weighted by Gasteiger charge is 2.10. The van der Waals surface area contributed by atoms with E-state index in [9.17, 15) is 4.79 Å². The number of amides is 1. The average molecular weight is 211 g/mol. The summed E-state index contributed by atoms with van der Waals surface area (Å²) >= 11 is 0. The van der Waals surface area contributed by atoms with Crippen LogP contribution in [0.25, 0.3) is 0 Å². The molecule has 0 aromatic rings. The highest BCUT2D eigenvalue weighted by Crippen LogP contribution is 1.97. The Morgan fingerprint density at radius 2 is 2.00 bits per heavy atom. The van der Waals surface area contributed by atoms with Crippen molar-refractivity contribution >= 4 is 5.91 Å². The predicted molar refractivity (Wildman–Crippen MR) is 60.3 cm³/mol. The smallest absolute Gasteiger partial charge is 0.236 e. The van der Waals surface area contributed by atoms with E-state index in [1.54, 1.807) is 19.0 Å². The Bertz CT molecular complexity index is 220. The van der Waals surface area contributed by atoms with Crippen molar-refractivity contribution in [3.8, 4) is 6.07 Å². The normalized spacial score (nSPS) is 10.1. The molecule has 0 heterocycles. The number of hydrogen-bond acceptors (Lipinski definition) is 3. The van der Waals surface area contributed by atoms with Crippen LogP contribution in [0, 0.1) is 11.3 Å². The molecule has 15 heavy (non-hydrogen) atoms. The molecule has 0 spiro atoms. The molecule has 0 saturated carbocycles. The fourth-order valence-corrected chi connectivity index (χ4v) is 1.30. The summed E-state index contributed by atoms with van der Waals surface area (Å²) < 4.78 is 0. The molecule has 1 amide bonds. The molecule has 0 aromatic carbocycles. The molecule has 86 valence electrons. The van der Waals surface area contributed by atoms with Crippen LogP contribution in [-0.4, -0.2) is 49.4 Å². The fraction of sp³-hybridized carbons (Fsp3) is 0.818. The van der Waals surface area contributed by atoms with Crippen LogP contribution >= 0.6 is 0 Å². The molecule has 0 bridgehead atoms. The van der Waals surface area contributed by atoms with Crippen molar-refractivity contribution in [1.29, 1.82) is 5.26 Å². The molecular weight excluding hydrogens is 190 g/mol. The average Bonchev–Trinajstić information content (AvgIpc) is 2.18. The van der Waals surface area contributed by atoms with Gasteiger partial charge >= 0.3 is 0 Å². The van der Waals surface area contributed by atoms with E-state index in [0.29, 0.717) is 13.0 Å². The zero-order chi connectivity index (χ0) is 11.7. The predicted octanol–water partition coefficient (Wildman–Crippen LogP) is 1.09. The minimum atomic E-state index is 0.125. The van der Waals surface area contributed by atoms with Crippen molar-refractivity contribution in [2.75, 3.05) is 33.7 Å². The molecule has 0 unspecified atom stereocenters. The minimum absolute atomic E-state index is 0.125. The third-order valence-electron chi connectivity index (χ3n) is 2.16. The topological polar surface area (TPSA) is 47.3 Å². The van der Waals surface area contributed by atoms with Gasteiger partial charge in [0, 0.05) is 20.5 Å². The van der Waals surface area contributed by atoms with Crippen LogP contribution in [-0.2, 0) is 4.79 Å². The van der Waals surface area contributed by atoms with E-state index >= 15 is 0 Å². The van der Waals surface area contributed by atoms with Gasteiger partial charge in [-0.05, 0) is 25.9 Å². The van der Waals surface area contributed by atoms with Crippen LogP contribution in [0.1, 0.15) is 26.2 Å². The summed E-state index contributed by atoms with van der Waals surface area (Å²) in [5.41, 5.74) is 0. The molecule has 0 N–H and O–H groups in total. The van der Waals surface area contributed by atoms with E-state index in [1.807, 2.05) is 0 Å². The Hall–Kier alpha value is -1.08. The lowest BCUT2D eigenvalue weighted by Gasteiger charge is -2.22. The molecule has 0 radical (unpaired) electrons. The van der Waals surface area contributed by atoms with Crippen molar-refractivity contribution in [2.45, 2.75) is 26.2 Å². The second kappa shape index (κ2) is 8.25. The van der Waals surface area contributed by atoms with Gasteiger partial charge in [0.1, 0.15) is 0 Å². The van der Waals surface area contributed by atoms with Crippen LogP contribution in [0.15, 0.2) is 0 Å². The Morgan fingerprint density at radius 1 is 1.33 bits per heavy atom. The number of hydrogen-bond donors (Lipinski definition) is 0. The standard InChI is InChI=1S/C11H21N3O/c1-4-8-14(9-6-5-7-12)10-11(15)13(2)3/h4-6,8-10H2,1-3H3. The number of carbonyl (C=O) groups excluding carboxylic acids is 1. The Kier molecular flexibility index (Phi) is 7.65. The molecule has 0 rings (SSSR count). The Labute approximate surface area is 92.5 Å². The minimum Gasteiger partial charge on any atom is -0.348 e. The van der Waals surface area contributed by atoms with Crippen LogP contribution in [0.2, 0.25) is 0 Å². The zero-order valence-electron chi connectivity index (χ0n) is 9.99. The quantitative estimate of drug-likeness (QED) is 0.592. The number of nitriles is 1. The van der Waals surface area contributed by atoms with E-state index in [-0.39, 0.29) is 5.91 Å². The first-order chi connectivity index (χ1) is 7.11. The molecule has 4 heteroatoms. The van der Waals surface area contributed by atoms with Gasteiger partial charge in [-0.2, -0.15) is 5.26 Å². The molecule has 0 atom stereocenters. The van der Waals surface area contributed by atoms with Gasteiger partial charge < -0.3 is 4.90 Å². The summed E-state index contributed by atoms with van der Waals surface area (Å²) in [4.78, 5) is 15.2. The third kappa shape index (κ3) is 6.92. The second-order valence-electron chi connectivity index (χ2n) is 3.83. The van der Waals surface area contributed by atoms with Crippen molar-refractivity contribution < 1.29 is 4.79 Å². The summed E-state index contributed by atoms with van der Waals surface area (Å²) in [6.07, 6.45) is 2.45. The maximum Gasteiger partial charge on any atom is 0.236 e.